The maximum absolute atomic E-state index is 12.9. The van der Waals surface area contributed by atoms with E-state index in [-0.39, 0.29) is 17.4 Å². The molecule has 0 saturated carbocycles. The number of H-pyrrole nitrogens is 1. The van der Waals surface area contributed by atoms with E-state index >= 15 is 0 Å². The molecular formula is C25H23N7O2. The number of aromatic amines is 1. The first-order chi connectivity index (χ1) is 16.3. The Kier molecular flexibility index (Phi) is 5.09. The summed E-state index contributed by atoms with van der Waals surface area (Å²) in [5, 5.41) is 12.1. The molecule has 0 saturated heterocycles. The average molecular weight is 454 g/mol. The van der Waals surface area contributed by atoms with E-state index in [1.807, 2.05) is 51.1 Å². The topological polar surface area (TPSA) is 110 Å². The number of benzene rings is 2. The van der Waals surface area contributed by atoms with Crippen LogP contribution in [0.15, 0.2) is 59.5 Å². The van der Waals surface area contributed by atoms with E-state index < -0.39 is 0 Å². The Morgan fingerprint density at radius 1 is 0.941 bits per heavy atom. The third kappa shape index (κ3) is 3.77. The maximum Gasteiger partial charge on any atom is 0.263 e. The van der Waals surface area contributed by atoms with Crippen LogP contribution in [-0.2, 0) is 0 Å². The minimum Gasteiger partial charge on any atom is -0.306 e. The lowest BCUT2D eigenvalue weighted by atomic mass is 10.1. The van der Waals surface area contributed by atoms with Crippen molar-refractivity contribution in [1.29, 1.82) is 0 Å². The lowest BCUT2D eigenvalue weighted by Gasteiger charge is -2.10. The van der Waals surface area contributed by atoms with E-state index in [4.69, 9.17) is 0 Å². The molecule has 3 heterocycles. The van der Waals surface area contributed by atoms with Crippen LogP contribution in [0.4, 0.5) is 5.82 Å². The summed E-state index contributed by atoms with van der Waals surface area (Å²) in [5.74, 6) is 0.281. The molecule has 170 valence electrons. The van der Waals surface area contributed by atoms with E-state index in [1.165, 1.54) is 10.9 Å². The Bertz CT molecular complexity index is 1610. The second kappa shape index (κ2) is 8.11. The summed E-state index contributed by atoms with van der Waals surface area (Å²) >= 11 is 0. The van der Waals surface area contributed by atoms with Crippen LogP contribution in [-0.4, -0.2) is 35.4 Å². The molecule has 0 aliphatic carbocycles. The summed E-state index contributed by atoms with van der Waals surface area (Å²) in [5.41, 5.74) is 5.35. The average Bonchev–Trinajstić information content (AvgIpc) is 3.39. The molecule has 5 aromatic rings. The van der Waals surface area contributed by atoms with Gasteiger partial charge >= 0.3 is 0 Å². The highest BCUT2D eigenvalue weighted by Gasteiger charge is 2.17. The van der Waals surface area contributed by atoms with E-state index in [0.29, 0.717) is 28.1 Å². The van der Waals surface area contributed by atoms with Gasteiger partial charge in [-0.15, -0.1) is 0 Å². The van der Waals surface area contributed by atoms with Crippen molar-refractivity contribution < 1.29 is 4.79 Å². The molecule has 3 aromatic heterocycles. The number of rotatable bonds is 4. The van der Waals surface area contributed by atoms with Crippen LogP contribution in [0, 0.1) is 27.7 Å². The van der Waals surface area contributed by atoms with Crippen LogP contribution in [0.2, 0.25) is 0 Å². The van der Waals surface area contributed by atoms with Crippen molar-refractivity contribution >= 4 is 22.8 Å². The molecule has 0 aliphatic rings. The van der Waals surface area contributed by atoms with Crippen molar-refractivity contribution in [3.8, 4) is 11.6 Å². The van der Waals surface area contributed by atoms with E-state index in [9.17, 15) is 9.59 Å². The highest BCUT2D eigenvalue weighted by atomic mass is 16.2. The van der Waals surface area contributed by atoms with Gasteiger partial charge in [-0.25, -0.2) is 4.68 Å². The van der Waals surface area contributed by atoms with Gasteiger partial charge < -0.3 is 5.32 Å². The Hall–Kier alpha value is -4.53. The zero-order valence-corrected chi connectivity index (χ0v) is 19.2. The summed E-state index contributed by atoms with van der Waals surface area (Å²) in [7, 11) is 0. The molecular weight excluding hydrogens is 430 g/mol. The molecule has 5 rings (SSSR count). The van der Waals surface area contributed by atoms with Gasteiger partial charge in [-0.05, 0) is 63.1 Å². The minimum absolute atomic E-state index is 0.176. The summed E-state index contributed by atoms with van der Waals surface area (Å²) in [6.07, 6.45) is 1.49. The zero-order valence-electron chi connectivity index (χ0n) is 19.2. The second-order valence-corrected chi connectivity index (χ2v) is 8.35. The molecule has 9 nitrogen and oxygen atoms in total. The first-order valence-corrected chi connectivity index (χ1v) is 10.8. The predicted octanol–water partition coefficient (Wildman–Crippen LogP) is 3.78. The fourth-order valence-corrected chi connectivity index (χ4v) is 3.70. The molecule has 0 fully saturated rings. The molecule has 2 aromatic carbocycles. The van der Waals surface area contributed by atoms with Crippen LogP contribution in [0.25, 0.3) is 22.7 Å². The number of hydrogen-bond donors (Lipinski definition) is 2. The third-order valence-corrected chi connectivity index (χ3v) is 5.75. The first-order valence-electron chi connectivity index (χ1n) is 10.8. The largest absolute Gasteiger partial charge is 0.306 e. The Morgan fingerprint density at radius 3 is 2.44 bits per heavy atom. The van der Waals surface area contributed by atoms with Gasteiger partial charge in [0.05, 0.1) is 17.6 Å². The maximum atomic E-state index is 12.9. The van der Waals surface area contributed by atoms with Crippen LogP contribution >= 0.6 is 0 Å². The van der Waals surface area contributed by atoms with Crippen molar-refractivity contribution in [1.82, 2.24) is 29.5 Å². The van der Waals surface area contributed by atoms with Gasteiger partial charge in [-0.2, -0.15) is 19.9 Å². The molecule has 0 atom stereocenters. The number of nitrogens with zero attached hydrogens (tertiary/aromatic N) is 5. The number of amides is 1. The van der Waals surface area contributed by atoms with Gasteiger partial charge in [-0.3, -0.25) is 14.6 Å². The van der Waals surface area contributed by atoms with E-state index in [2.05, 4.69) is 25.5 Å². The van der Waals surface area contributed by atoms with Gasteiger partial charge in [0.1, 0.15) is 11.2 Å². The predicted molar refractivity (Wildman–Crippen MR) is 130 cm³/mol. The van der Waals surface area contributed by atoms with Crippen molar-refractivity contribution in [2.45, 2.75) is 27.7 Å². The van der Waals surface area contributed by atoms with Crippen molar-refractivity contribution in [2.75, 3.05) is 5.32 Å². The fraction of sp³-hybridized carbons (Fsp3) is 0.160. The van der Waals surface area contributed by atoms with Crippen LogP contribution < -0.4 is 10.9 Å². The summed E-state index contributed by atoms with van der Waals surface area (Å²) in [6, 6.07) is 14.9. The smallest absolute Gasteiger partial charge is 0.263 e. The quantitative estimate of drug-likeness (QED) is 0.430. The molecule has 34 heavy (non-hydrogen) atoms. The number of anilines is 1. The van der Waals surface area contributed by atoms with Gasteiger partial charge in [0.2, 0.25) is 5.95 Å². The first kappa shape index (κ1) is 21.3. The van der Waals surface area contributed by atoms with Gasteiger partial charge in [0, 0.05) is 11.6 Å². The Labute approximate surface area is 195 Å². The van der Waals surface area contributed by atoms with Gasteiger partial charge in [0.25, 0.3) is 11.5 Å². The number of aryl methyl sites for hydroxylation is 4. The summed E-state index contributed by atoms with van der Waals surface area (Å²) < 4.78 is 3.04. The van der Waals surface area contributed by atoms with Crippen LogP contribution in [0.3, 0.4) is 0 Å². The van der Waals surface area contributed by atoms with Crippen molar-refractivity contribution in [3.05, 3.63) is 93.0 Å². The Morgan fingerprint density at radius 2 is 1.71 bits per heavy atom. The number of nitrogens with one attached hydrogen (secondary N) is 2. The van der Waals surface area contributed by atoms with Gasteiger partial charge in [0.15, 0.2) is 5.65 Å². The van der Waals surface area contributed by atoms with Crippen LogP contribution in [0.1, 0.15) is 32.7 Å². The third-order valence-electron chi connectivity index (χ3n) is 5.75. The molecule has 9 heteroatoms. The number of fused-ring (bicyclic) bond motifs is 1. The molecule has 0 bridgehead atoms. The van der Waals surface area contributed by atoms with Crippen molar-refractivity contribution in [3.63, 3.8) is 0 Å². The van der Waals surface area contributed by atoms with Crippen LogP contribution in [0.5, 0.6) is 0 Å². The minimum atomic E-state index is -0.348. The standard InChI is InChI=1S/C25H23N7O2/c1-14-5-8-18(9-6-14)23(33)27-21-12-17(4)30-32(21)25-28-22-20(24(34)29-25)13-26-31(22)19-10-7-15(2)16(3)11-19/h5-13H,1-4H3,(H,27,33)(H,28,29,34). The summed E-state index contributed by atoms with van der Waals surface area (Å²) in [4.78, 5) is 33.1. The van der Waals surface area contributed by atoms with E-state index in [1.54, 1.807) is 29.8 Å². The monoisotopic (exact) mass is 453 g/mol. The second-order valence-electron chi connectivity index (χ2n) is 8.35. The zero-order chi connectivity index (χ0) is 24.0. The van der Waals surface area contributed by atoms with Crippen molar-refractivity contribution in [2.24, 2.45) is 0 Å². The number of aromatic nitrogens is 6. The fourth-order valence-electron chi connectivity index (χ4n) is 3.70. The number of carbonyl (C=O) groups is 1. The molecule has 0 radical (unpaired) electrons. The molecule has 0 unspecified atom stereocenters. The highest BCUT2D eigenvalue weighted by molar-refractivity contribution is 6.04. The highest BCUT2D eigenvalue weighted by Crippen LogP contribution is 2.20. The molecule has 2 N–H and O–H groups in total. The Balaban J connectivity index is 1.58. The SMILES string of the molecule is Cc1ccc(C(=O)Nc2cc(C)nn2-c2nc3c(cnn3-c3ccc(C)c(C)c3)c(=O)[nH]2)cc1. The lowest BCUT2D eigenvalue weighted by Crippen LogP contribution is -2.19. The van der Waals surface area contributed by atoms with E-state index in [0.717, 1.165) is 22.4 Å². The van der Waals surface area contributed by atoms with Gasteiger partial charge in [-0.1, -0.05) is 23.8 Å². The lowest BCUT2D eigenvalue weighted by molar-refractivity contribution is 0.102. The normalized spacial score (nSPS) is 11.2. The molecule has 0 spiro atoms. The number of hydrogen-bond acceptors (Lipinski definition) is 5. The molecule has 0 aliphatic heterocycles. The summed E-state index contributed by atoms with van der Waals surface area (Å²) in [6.45, 7) is 7.81. The number of carbonyl (C=O) groups excluding carboxylic acids is 1. The molecule has 1 amide bonds.